The first-order chi connectivity index (χ1) is 9.94. The minimum Gasteiger partial charge on any atom is -0.480 e. The molecule has 1 heterocycles. The maximum absolute atomic E-state index is 12.5. The van der Waals surface area contributed by atoms with Gasteiger partial charge in [0.05, 0.1) is 18.9 Å². The number of hydrogen-bond donors (Lipinski definition) is 1. The quantitative estimate of drug-likeness (QED) is 0.941. The van der Waals surface area contributed by atoms with Gasteiger partial charge in [-0.2, -0.15) is 23.4 Å². The Hall–Kier alpha value is -2.82. The lowest BCUT2D eigenvalue weighted by atomic mass is 10.2. The summed E-state index contributed by atoms with van der Waals surface area (Å²) in [7, 11) is 1.39. The largest absolute Gasteiger partial charge is 0.480 e. The lowest BCUT2D eigenvalue weighted by Crippen LogP contribution is -2.05. The van der Waals surface area contributed by atoms with E-state index in [0.29, 0.717) is 5.69 Å². The fourth-order valence-electron chi connectivity index (χ4n) is 1.52. The van der Waals surface area contributed by atoms with Crippen LogP contribution in [0.2, 0.25) is 0 Å². The number of methoxy groups -OCH3 is 1. The number of anilines is 2. The van der Waals surface area contributed by atoms with Gasteiger partial charge < -0.3 is 10.1 Å². The van der Waals surface area contributed by atoms with E-state index in [4.69, 9.17) is 10.00 Å². The predicted molar refractivity (Wildman–Crippen MR) is 68.0 cm³/mol. The van der Waals surface area contributed by atoms with Gasteiger partial charge in [0, 0.05) is 5.69 Å². The van der Waals surface area contributed by atoms with Crippen LogP contribution < -0.4 is 10.1 Å². The SMILES string of the molecule is COc1cnc(C#N)c(Nc2ccc(C(F)(F)F)cc2)n1. The van der Waals surface area contributed by atoms with Crippen LogP contribution in [-0.2, 0) is 6.18 Å². The number of nitriles is 1. The highest BCUT2D eigenvalue weighted by atomic mass is 19.4. The highest BCUT2D eigenvalue weighted by Crippen LogP contribution is 2.30. The smallest absolute Gasteiger partial charge is 0.416 e. The van der Waals surface area contributed by atoms with Gasteiger partial charge in [0.15, 0.2) is 11.5 Å². The molecule has 1 aromatic carbocycles. The van der Waals surface area contributed by atoms with Gasteiger partial charge in [0.1, 0.15) is 6.07 Å². The summed E-state index contributed by atoms with van der Waals surface area (Å²) in [5.74, 6) is 0.292. The highest BCUT2D eigenvalue weighted by molar-refractivity contribution is 5.61. The van der Waals surface area contributed by atoms with Gasteiger partial charge in [0.25, 0.3) is 0 Å². The van der Waals surface area contributed by atoms with Crippen LogP contribution in [0.15, 0.2) is 30.5 Å². The monoisotopic (exact) mass is 294 g/mol. The zero-order valence-corrected chi connectivity index (χ0v) is 10.8. The Balaban J connectivity index is 2.28. The number of benzene rings is 1. The van der Waals surface area contributed by atoms with E-state index in [9.17, 15) is 13.2 Å². The zero-order valence-electron chi connectivity index (χ0n) is 10.8. The number of halogens is 3. The Morgan fingerprint density at radius 1 is 1.24 bits per heavy atom. The fraction of sp³-hybridized carbons (Fsp3) is 0.154. The number of aromatic nitrogens is 2. The van der Waals surface area contributed by atoms with Crippen LogP contribution >= 0.6 is 0 Å². The number of nitrogens with one attached hydrogen (secondary N) is 1. The van der Waals surface area contributed by atoms with Crippen molar-refractivity contribution in [2.45, 2.75) is 6.18 Å². The van der Waals surface area contributed by atoms with Gasteiger partial charge in [-0.05, 0) is 24.3 Å². The van der Waals surface area contributed by atoms with E-state index in [0.717, 1.165) is 12.1 Å². The molecular formula is C13H9F3N4O. The zero-order chi connectivity index (χ0) is 15.5. The number of nitrogens with zero attached hydrogens (tertiary/aromatic N) is 3. The normalized spacial score (nSPS) is 10.8. The molecule has 1 N–H and O–H groups in total. The second-order valence-electron chi connectivity index (χ2n) is 3.92. The molecular weight excluding hydrogens is 285 g/mol. The third kappa shape index (κ3) is 3.39. The molecule has 1 aromatic heterocycles. The summed E-state index contributed by atoms with van der Waals surface area (Å²) in [5.41, 5.74) is -0.400. The first-order valence-corrected chi connectivity index (χ1v) is 5.69. The van der Waals surface area contributed by atoms with Gasteiger partial charge in [-0.25, -0.2) is 4.98 Å². The summed E-state index contributed by atoms with van der Waals surface area (Å²) < 4.78 is 42.3. The van der Waals surface area contributed by atoms with E-state index in [1.807, 2.05) is 6.07 Å². The molecule has 0 spiro atoms. The second kappa shape index (κ2) is 5.66. The van der Waals surface area contributed by atoms with Crippen molar-refractivity contribution in [2.24, 2.45) is 0 Å². The Bertz CT molecular complexity index is 677. The van der Waals surface area contributed by atoms with Gasteiger partial charge in [-0.15, -0.1) is 0 Å². The molecule has 108 valence electrons. The third-order valence-corrected chi connectivity index (χ3v) is 2.54. The van der Waals surface area contributed by atoms with Crippen LogP contribution in [0.4, 0.5) is 24.7 Å². The van der Waals surface area contributed by atoms with E-state index in [2.05, 4.69) is 15.3 Å². The Labute approximate surface area is 118 Å². The molecule has 0 unspecified atom stereocenters. The minimum absolute atomic E-state index is 0.00991. The molecule has 21 heavy (non-hydrogen) atoms. The number of ether oxygens (including phenoxy) is 1. The lowest BCUT2D eigenvalue weighted by Gasteiger charge is -2.10. The van der Waals surface area contributed by atoms with Crippen molar-refractivity contribution in [1.29, 1.82) is 5.26 Å². The number of rotatable bonds is 3. The summed E-state index contributed by atoms with van der Waals surface area (Å²) in [5, 5.41) is 11.7. The summed E-state index contributed by atoms with van der Waals surface area (Å²) >= 11 is 0. The summed E-state index contributed by atoms with van der Waals surface area (Å²) in [6.45, 7) is 0. The van der Waals surface area contributed by atoms with Gasteiger partial charge in [-0.1, -0.05) is 0 Å². The van der Waals surface area contributed by atoms with Crippen LogP contribution in [0.3, 0.4) is 0 Å². The molecule has 5 nitrogen and oxygen atoms in total. The summed E-state index contributed by atoms with van der Waals surface area (Å²) in [6.07, 6.45) is -3.12. The molecule has 8 heteroatoms. The lowest BCUT2D eigenvalue weighted by molar-refractivity contribution is -0.137. The molecule has 0 atom stereocenters. The van der Waals surface area contributed by atoms with Crippen molar-refractivity contribution in [3.8, 4) is 11.9 Å². The van der Waals surface area contributed by atoms with Gasteiger partial charge in [-0.3, -0.25) is 0 Å². The first kappa shape index (κ1) is 14.6. The van der Waals surface area contributed by atoms with E-state index >= 15 is 0 Å². The van der Waals surface area contributed by atoms with Gasteiger partial charge in [0.2, 0.25) is 5.88 Å². The maximum Gasteiger partial charge on any atom is 0.416 e. The number of hydrogen-bond acceptors (Lipinski definition) is 5. The number of alkyl halides is 3. The molecule has 0 aliphatic heterocycles. The first-order valence-electron chi connectivity index (χ1n) is 5.69. The molecule has 0 fully saturated rings. The molecule has 2 aromatic rings. The predicted octanol–water partition coefficient (Wildman–Crippen LogP) is 3.12. The van der Waals surface area contributed by atoms with Crippen molar-refractivity contribution in [2.75, 3.05) is 12.4 Å². The molecule has 0 amide bonds. The van der Waals surface area contributed by atoms with E-state index in [-0.39, 0.29) is 17.4 Å². The standard InChI is InChI=1S/C13H9F3N4O/c1-21-11-7-18-10(6-17)12(20-11)19-9-4-2-8(3-5-9)13(14,15)16/h2-5,7H,1H3,(H,19,20). The molecule has 0 saturated heterocycles. The molecule has 0 saturated carbocycles. The van der Waals surface area contributed by atoms with Crippen LogP contribution in [0.25, 0.3) is 0 Å². The summed E-state index contributed by atoms with van der Waals surface area (Å²) in [6, 6.07) is 6.18. The minimum atomic E-state index is -4.40. The Kier molecular flexibility index (Phi) is 3.93. The van der Waals surface area contributed by atoms with Crippen LogP contribution in [0, 0.1) is 11.3 Å². The maximum atomic E-state index is 12.5. The van der Waals surface area contributed by atoms with Crippen molar-refractivity contribution >= 4 is 11.5 Å². The highest BCUT2D eigenvalue weighted by Gasteiger charge is 2.29. The van der Waals surface area contributed by atoms with E-state index < -0.39 is 11.7 Å². The average Bonchev–Trinajstić information content (AvgIpc) is 2.46. The van der Waals surface area contributed by atoms with E-state index in [1.165, 1.54) is 25.4 Å². The average molecular weight is 294 g/mol. The topological polar surface area (TPSA) is 70.8 Å². The molecule has 0 radical (unpaired) electrons. The van der Waals surface area contributed by atoms with Crippen LogP contribution in [0.5, 0.6) is 5.88 Å². The van der Waals surface area contributed by atoms with Crippen molar-refractivity contribution in [3.63, 3.8) is 0 Å². The third-order valence-electron chi connectivity index (χ3n) is 2.54. The molecule has 2 rings (SSSR count). The van der Waals surface area contributed by atoms with Crippen molar-refractivity contribution in [3.05, 3.63) is 41.7 Å². The molecule has 0 bridgehead atoms. The van der Waals surface area contributed by atoms with Crippen molar-refractivity contribution < 1.29 is 17.9 Å². The van der Waals surface area contributed by atoms with E-state index in [1.54, 1.807) is 0 Å². The van der Waals surface area contributed by atoms with Gasteiger partial charge >= 0.3 is 6.18 Å². The molecule has 0 aliphatic rings. The fourth-order valence-corrected chi connectivity index (χ4v) is 1.52. The Morgan fingerprint density at radius 3 is 2.43 bits per heavy atom. The van der Waals surface area contributed by atoms with Crippen LogP contribution in [-0.4, -0.2) is 17.1 Å². The second-order valence-corrected chi connectivity index (χ2v) is 3.92. The van der Waals surface area contributed by atoms with Crippen LogP contribution in [0.1, 0.15) is 11.3 Å². The Morgan fingerprint density at radius 2 is 1.90 bits per heavy atom. The molecule has 0 aliphatic carbocycles. The van der Waals surface area contributed by atoms with Crippen molar-refractivity contribution in [1.82, 2.24) is 9.97 Å². The summed E-state index contributed by atoms with van der Waals surface area (Å²) in [4.78, 5) is 7.82.